The van der Waals surface area contributed by atoms with E-state index in [-0.39, 0.29) is 18.1 Å². The van der Waals surface area contributed by atoms with Gasteiger partial charge in [0, 0.05) is 48.3 Å². The first-order valence-corrected chi connectivity index (χ1v) is 10.7. The zero-order valence-corrected chi connectivity index (χ0v) is 18.7. The summed E-state index contributed by atoms with van der Waals surface area (Å²) in [5, 5.41) is 4.33. The predicted octanol–water partition coefficient (Wildman–Crippen LogP) is 3.38. The molecule has 3 aromatic rings. The number of amides is 1. The van der Waals surface area contributed by atoms with Crippen LogP contribution in [0.1, 0.15) is 10.5 Å². The van der Waals surface area contributed by atoms with E-state index in [9.17, 15) is 9.59 Å². The molecule has 168 valence electrons. The minimum absolute atomic E-state index is 0.188. The average Bonchev–Trinajstić information content (AvgIpc) is 3.17. The summed E-state index contributed by atoms with van der Waals surface area (Å²) in [7, 11) is 2.88. The normalized spacial score (nSPS) is 14.4. The van der Waals surface area contributed by atoms with Crippen LogP contribution < -0.4 is 15.0 Å². The Labute approximate surface area is 191 Å². The highest BCUT2D eigenvalue weighted by molar-refractivity contribution is 6.30. The van der Waals surface area contributed by atoms with Crippen molar-refractivity contribution in [2.24, 2.45) is 0 Å². The molecule has 0 atom stereocenters. The number of ether oxygens (including phenoxy) is 2. The van der Waals surface area contributed by atoms with Gasteiger partial charge in [-0.1, -0.05) is 11.6 Å². The lowest BCUT2D eigenvalue weighted by atomic mass is 10.2. The molecule has 1 saturated heterocycles. The first-order valence-electron chi connectivity index (χ1n) is 10.3. The Morgan fingerprint density at radius 3 is 2.44 bits per heavy atom. The van der Waals surface area contributed by atoms with Crippen LogP contribution in [0.25, 0.3) is 10.9 Å². The average molecular weight is 457 g/mol. The van der Waals surface area contributed by atoms with Gasteiger partial charge in [0.05, 0.1) is 32.0 Å². The molecule has 2 heterocycles. The molecule has 0 spiro atoms. The fraction of sp³-hybridized carbons (Fsp3) is 0.304. The highest BCUT2D eigenvalue weighted by Gasteiger charge is 2.23. The molecular formula is C23H25ClN4O4. The Kier molecular flexibility index (Phi) is 6.53. The number of aromatic amines is 1. The second-order valence-corrected chi connectivity index (χ2v) is 8.00. The van der Waals surface area contributed by atoms with Crippen molar-refractivity contribution >= 4 is 45.8 Å². The molecule has 32 heavy (non-hydrogen) atoms. The number of piperazine rings is 1. The first-order chi connectivity index (χ1) is 15.5. The van der Waals surface area contributed by atoms with Gasteiger partial charge in [-0.15, -0.1) is 0 Å². The van der Waals surface area contributed by atoms with Crippen LogP contribution in [0.3, 0.4) is 0 Å². The maximum Gasteiger partial charge on any atom is 0.356 e. The number of nitrogens with zero attached hydrogens (tertiary/aromatic N) is 2. The van der Waals surface area contributed by atoms with Crippen molar-refractivity contribution in [1.82, 2.24) is 9.88 Å². The Morgan fingerprint density at radius 2 is 1.78 bits per heavy atom. The van der Waals surface area contributed by atoms with Crippen molar-refractivity contribution in [3.8, 4) is 5.75 Å². The van der Waals surface area contributed by atoms with Gasteiger partial charge in [-0.3, -0.25) is 9.69 Å². The zero-order valence-electron chi connectivity index (χ0n) is 18.0. The molecule has 0 bridgehead atoms. The maximum absolute atomic E-state index is 12.8. The van der Waals surface area contributed by atoms with Gasteiger partial charge in [-0.05, 0) is 36.4 Å². The number of aromatic nitrogens is 1. The molecule has 1 aromatic heterocycles. The number of anilines is 2. The summed E-state index contributed by atoms with van der Waals surface area (Å²) in [5.74, 6) is -0.0922. The number of esters is 1. The van der Waals surface area contributed by atoms with Crippen LogP contribution in [0.2, 0.25) is 5.02 Å². The van der Waals surface area contributed by atoms with Crippen LogP contribution >= 0.6 is 11.6 Å². The first kappa shape index (κ1) is 22.0. The topological polar surface area (TPSA) is 86.9 Å². The molecule has 8 nitrogen and oxygen atoms in total. The van der Waals surface area contributed by atoms with Gasteiger partial charge < -0.3 is 24.7 Å². The van der Waals surface area contributed by atoms with Crippen molar-refractivity contribution in [3.05, 3.63) is 53.2 Å². The van der Waals surface area contributed by atoms with Gasteiger partial charge in [0.25, 0.3) is 0 Å². The third kappa shape index (κ3) is 4.66. The number of methoxy groups -OCH3 is 2. The van der Waals surface area contributed by atoms with Crippen LogP contribution in [-0.2, 0) is 9.53 Å². The van der Waals surface area contributed by atoms with E-state index in [1.807, 2.05) is 24.3 Å². The lowest BCUT2D eigenvalue weighted by Crippen LogP contribution is -2.48. The van der Waals surface area contributed by atoms with Gasteiger partial charge in [0.1, 0.15) is 11.4 Å². The molecular weight excluding hydrogens is 432 g/mol. The third-order valence-corrected chi connectivity index (χ3v) is 5.84. The lowest BCUT2D eigenvalue weighted by molar-refractivity contribution is -0.117. The fourth-order valence-electron chi connectivity index (χ4n) is 3.89. The molecule has 1 fully saturated rings. The largest absolute Gasteiger partial charge is 0.497 e. The molecule has 9 heteroatoms. The number of hydrogen-bond acceptors (Lipinski definition) is 6. The van der Waals surface area contributed by atoms with E-state index in [1.165, 1.54) is 7.11 Å². The highest BCUT2D eigenvalue weighted by atomic mass is 35.5. The SMILES string of the molecule is COC(=O)c1[nH]c2cc(OC)ccc2c1NC(=O)CN1CCN(c2ccc(Cl)cc2)CC1. The summed E-state index contributed by atoms with van der Waals surface area (Å²) in [6, 6.07) is 13.1. The van der Waals surface area contributed by atoms with Crippen molar-refractivity contribution in [2.45, 2.75) is 0 Å². The van der Waals surface area contributed by atoms with Gasteiger partial charge >= 0.3 is 5.97 Å². The number of halogens is 1. The maximum atomic E-state index is 12.8. The summed E-state index contributed by atoms with van der Waals surface area (Å²) in [6.07, 6.45) is 0. The number of fused-ring (bicyclic) bond motifs is 1. The van der Waals surface area contributed by atoms with E-state index >= 15 is 0 Å². The Morgan fingerprint density at radius 1 is 1.06 bits per heavy atom. The molecule has 2 N–H and O–H groups in total. The number of H-pyrrole nitrogens is 1. The van der Waals surface area contributed by atoms with E-state index in [2.05, 4.69) is 20.1 Å². The summed E-state index contributed by atoms with van der Waals surface area (Å²) in [4.78, 5) is 32.5. The second kappa shape index (κ2) is 9.50. The van der Waals surface area contributed by atoms with E-state index in [1.54, 1.807) is 25.3 Å². The third-order valence-electron chi connectivity index (χ3n) is 5.59. The second-order valence-electron chi connectivity index (χ2n) is 7.57. The van der Waals surface area contributed by atoms with E-state index in [0.29, 0.717) is 27.4 Å². The summed E-state index contributed by atoms with van der Waals surface area (Å²) in [5.41, 5.74) is 2.42. The molecule has 0 saturated carbocycles. The number of rotatable bonds is 6. The Hall–Kier alpha value is -3.23. The van der Waals surface area contributed by atoms with Crippen LogP contribution in [0.4, 0.5) is 11.4 Å². The summed E-state index contributed by atoms with van der Waals surface area (Å²) >= 11 is 5.97. The molecule has 1 aliphatic heterocycles. The van der Waals surface area contributed by atoms with Gasteiger partial charge in [0.15, 0.2) is 0 Å². The number of hydrogen-bond donors (Lipinski definition) is 2. The number of carbonyl (C=O) groups excluding carboxylic acids is 2. The molecule has 4 rings (SSSR count). The minimum Gasteiger partial charge on any atom is -0.497 e. The molecule has 0 unspecified atom stereocenters. The zero-order chi connectivity index (χ0) is 22.7. The molecule has 0 aliphatic carbocycles. The van der Waals surface area contributed by atoms with Crippen LogP contribution in [0.15, 0.2) is 42.5 Å². The van der Waals surface area contributed by atoms with Crippen molar-refractivity contribution < 1.29 is 19.1 Å². The molecule has 2 aromatic carbocycles. The van der Waals surface area contributed by atoms with Crippen LogP contribution in [0, 0.1) is 0 Å². The summed E-state index contributed by atoms with van der Waals surface area (Å²) < 4.78 is 10.1. The Balaban J connectivity index is 1.43. The van der Waals surface area contributed by atoms with Gasteiger partial charge in [0.2, 0.25) is 5.91 Å². The number of nitrogens with one attached hydrogen (secondary N) is 2. The number of benzene rings is 2. The standard InChI is InChI=1S/C23H25ClN4O4/c1-31-17-7-8-18-19(13-17)25-22(23(30)32-2)21(18)26-20(29)14-27-9-11-28(12-10-27)16-5-3-15(24)4-6-16/h3-8,13,25H,9-12,14H2,1-2H3,(H,26,29). The van der Waals surface area contributed by atoms with E-state index in [0.717, 1.165) is 31.9 Å². The molecule has 1 amide bonds. The molecule has 1 aliphatic rings. The highest BCUT2D eigenvalue weighted by Crippen LogP contribution is 2.31. The van der Waals surface area contributed by atoms with Gasteiger partial charge in [-0.2, -0.15) is 0 Å². The smallest absolute Gasteiger partial charge is 0.356 e. The van der Waals surface area contributed by atoms with Crippen molar-refractivity contribution in [2.75, 3.05) is 57.2 Å². The predicted molar refractivity (Wildman–Crippen MR) is 125 cm³/mol. The quantitative estimate of drug-likeness (QED) is 0.553. The van der Waals surface area contributed by atoms with Crippen LogP contribution in [-0.4, -0.2) is 68.7 Å². The Bertz CT molecular complexity index is 1120. The van der Waals surface area contributed by atoms with Crippen molar-refractivity contribution in [1.29, 1.82) is 0 Å². The van der Waals surface area contributed by atoms with Crippen molar-refractivity contribution in [3.63, 3.8) is 0 Å². The van der Waals surface area contributed by atoms with E-state index in [4.69, 9.17) is 21.1 Å². The fourth-order valence-corrected chi connectivity index (χ4v) is 4.01. The minimum atomic E-state index is -0.549. The number of carbonyl (C=O) groups is 2. The van der Waals surface area contributed by atoms with Crippen LogP contribution in [0.5, 0.6) is 5.75 Å². The monoisotopic (exact) mass is 456 g/mol. The molecule has 0 radical (unpaired) electrons. The van der Waals surface area contributed by atoms with E-state index < -0.39 is 5.97 Å². The lowest BCUT2D eigenvalue weighted by Gasteiger charge is -2.35. The summed E-state index contributed by atoms with van der Waals surface area (Å²) in [6.45, 7) is 3.37. The van der Waals surface area contributed by atoms with Gasteiger partial charge in [-0.25, -0.2) is 4.79 Å².